The Labute approximate surface area is 121 Å². The van der Waals surface area contributed by atoms with Crippen molar-refractivity contribution in [3.05, 3.63) is 53.0 Å². The van der Waals surface area contributed by atoms with Crippen LogP contribution in [0.15, 0.2) is 52.5 Å². The van der Waals surface area contributed by atoms with Gasteiger partial charge in [-0.1, -0.05) is 47.2 Å². The largest absolute Gasteiger partial charge is 0.325 e. The summed E-state index contributed by atoms with van der Waals surface area (Å²) in [5, 5.41) is 13.2. The first-order chi connectivity index (χ1) is 9.49. The minimum absolute atomic E-state index is 0.383. The standard InChI is InChI=1S/C13H10N2O3S2/c1-20(16,17)18-15-13-8-7-12(19-13)11(9-14)10-5-3-2-4-6-10/h2-8H,1H3/b12-11+,15-13+. The first kappa shape index (κ1) is 14.4. The molecule has 0 N–H and O–H groups in total. The van der Waals surface area contributed by atoms with Crippen LogP contribution in [0.1, 0.15) is 5.56 Å². The van der Waals surface area contributed by atoms with E-state index in [9.17, 15) is 13.7 Å². The normalized spacial score (nSPS) is 18.9. The molecule has 0 fully saturated rings. The highest BCUT2D eigenvalue weighted by molar-refractivity contribution is 8.18. The van der Waals surface area contributed by atoms with Gasteiger partial charge in [0.05, 0.1) is 11.8 Å². The van der Waals surface area contributed by atoms with E-state index in [1.807, 2.05) is 30.3 Å². The molecule has 0 saturated carbocycles. The third-order valence-electron chi connectivity index (χ3n) is 2.28. The third-order valence-corrected chi connectivity index (χ3v) is 3.60. The monoisotopic (exact) mass is 306 g/mol. The Kier molecular flexibility index (Phi) is 4.27. The summed E-state index contributed by atoms with van der Waals surface area (Å²) in [5.74, 6) is 0. The van der Waals surface area contributed by atoms with Gasteiger partial charge in [0.1, 0.15) is 11.1 Å². The van der Waals surface area contributed by atoms with Crippen molar-refractivity contribution in [1.29, 1.82) is 5.26 Å². The van der Waals surface area contributed by atoms with Gasteiger partial charge in [-0.25, -0.2) is 0 Å². The van der Waals surface area contributed by atoms with E-state index >= 15 is 0 Å². The van der Waals surface area contributed by atoms with Crippen molar-refractivity contribution in [3.8, 4) is 6.07 Å². The fourth-order valence-corrected chi connectivity index (χ4v) is 2.58. The summed E-state index contributed by atoms with van der Waals surface area (Å²) in [4.78, 5) is 0.703. The van der Waals surface area contributed by atoms with Crippen LogP contribution >= 0.6 is 11.8 Å². The molecule has 1 aromatic rings. The number of nitriles is 1. The van der Waals surface area contributed by atoms with E-state index in [0.29, 0.717) is 15.5 Å². The lowest BCUT2D eigenvalue weighted by atomic mass is 10.1. The lowest BCUT2D eigenvalue weighted by molar-refractivity contribution is 0.345. The second kappa shape index (κ2) is 5.94. The first-order valence-corrected chi connectivity index (χ1v) is 8.15. The molecular weight excluding hydrogens is 296 g/mol. The van der Waals surface area contributed by atoms with Crippen molar-refractivity contribution in [3.63, 3.8) is 0 Å². The van der Waals surface area contributed by atoms with Crippen LogP contribution in [0.4, 0.5) is 0 Å². The summed E-state index contributed by atoms with van der Waals surface area (Å²) in [6, 6.07) is 11.4. The van der Waals surface area contributed by atoms with Gasteiger partial charge in [-0.3, -0.25) is 4.28 Å². The number of oxime groups is 1. The molecule has 0 radical (unpaired) electrons. The summed E-state index contributed by atoms with van der Waals surface area (Å²) >= 11 is 1.19. The average molecular weight is 306 g/mol. The second-order valence-electron chi connectivity index (χ2n) is 3.86. The van der Waals surface area contributed by atoms with Crippen LogP contribution in [-0.4, -0.2) is 19.7 Å². The molecular formula is C13H10N2O3S2. The van der Waals surface area contributed by atoms with E-state index in [2.05, 4.69) is 15.5 Å². The van der Waals surface area contributed by atoms with Crippen LogP contribution in [0.25, 0.3) is 5.57 Å². The predicted octanol–water partition coefficient (Wildman–Crippen LogP) is 2.51. The Morgan fingerprint density at radius 3 is 2.60 bits per heavy atom. The zero-order valence-electron chi connectivity index (χ0n) is 10.5. The van der Waals surface area contributed by atoms with Crippen molar-refractivity contribution < 1.29 is 12.7 Å². The van der Waals surface area contributed by atoms with Gasteiger partial charge in [-0.2, -0.15) is 13.7 Å². The maximum Gasteiger partial charge on any atom is 0.325 e. The molecule has 1 aliphatic rings. The quantitative estimate of drug-likeness (QED) is 0.633. The van der Waals surface area contributed by atoms with Gasteiger partial charge in [0, 0.05) is 4.91 Å². The molecule has 0 bridgehead atoms. The smallest absolute Gasteiger partial charge is 0.268 e. The van der Waals surface area contributed by atoms with Crippen LogP contribution in [0.3, 0.4) is 0 Å². The van der Waals surface area contributed by atoms with E-state index in [1.165, 1.54) is 11.8 Å². The van der Waals surface area contributed by atoms with E-state index in [4.69, 9.17) is 0 Å². The molecule has 0 aromatic heterocycles. The molecule has 0 spiro atoms. The molecule has 0 aliphatic carbocycles. The summed E-state index contributed by atoms with van der Waals surface area (Å²) in [6.07, 6.45) is 4.23. The number of rotatable bonds is 3. The predicted molar refractivity (Wildman–Crippen MR) is 79.1 cm³/mol. The fraction of sp³-hybridized carbons (Fsp3) is 0.0769. The Balaban J connectivity index is 2.26. The van der Waals surface area contributed by atoms with Crippen molar-refractivity contribution in [1.82, 2.24) is 0 Å². The SMILES string of the molecule is CS(=O)(=O)O/N=C1C=C/C(=C(/C#N)c2ccccc2)S\1. The molecule has 7 heteroatoms. The van der Waals surface area contributed by atoms with Gasteiger partial charge in [0.25, 0.3) is 0 Å². The van der Waals surface area contributed by atoms with E-state index < -0.39 is 10.1 Å². The lowest BCUT2D eigenvalue weighted by Gasteiger charge is -2.01. The molecule has 1 aromatic carbocycles. The maximum atomic E-state index is 10.9. The van der Waals surface area contributed by atoms with E-state index in [0.717, 1.165) is 11.8 Å². The molecule has 0 unspecified atom stereocenters. The van der Waals surface area contributed by atoms with Crippen molar-refractivity contribution in [2.45, 2.75) is 0 Å². The first-order valence-electron chi connectivity index (χ1n) is 5.52. The summed E-state index contributed by atoms with van der Waals surface area (Å²) in [7, 11) is -3.62. The molecule has 0 saturated heterocycles. The Hall–Kier alpha value is -2.04. The van der Waals surface area contributed by atoms with Gasteiger partial charge in [-0.05, 0) is 17.7 Å². The van der Waals surface area contributed by atoms with Gasteiger partial charge in [0.15, 0.2) is 0 Å². The molecule has 1 heterocycles. The minimum atomic E-state index is -3.62. The molecule has 2 rings (SSSR count). The summed E-state index contributed by atoms with van der Waals surface area (Å²) in [5.41, 5.74) is 1.31. The summed E-state index contributed by atoms with van der Waals surface area (Å²) < 4.78 is 26.1. The average Bonchev–Trinajstić information content (AvgIpc) is 2.87. The number of allylic oxidation sites excluding steroid dienone is 2. The number of nitrogens with zero attached hydrogens (tertiary/aromatic N) is 2. The highest BCUT2D eigenvalue weighted by Gasteiger charge is 2.16. The molecule has 0 amide bonds. The minimum Gasteiger partial charge on any atom is -0.268 e. The van der Waals surface area contributed by atoms with Gasteiger partial charge in [-0.15, -0.1) is 0 Å². The molecule has 102 valence electrons. The fourth-order valence-electron chi connectivity index (χ4n) is 1.48. The Morgan fingerprint density at radius 1 is 1.30 bits per heavy atom. The third kappa shape index (κ3) is 3.73. The molecule has 1 aliphatic heterocycles. The molecule has 5 nitrogen and oxygen atoms in total. The van der Waals surface area contributed by atoms with Crippen LogP contribution in [-0.2, 0) is 14.4 Å². The number of benzene rings is 1. The van der Waals surface area contributed by atoms with E-state index in [1.54, 1.807) is 12.2 Å². The van der Waals surface area contributed by atoms with Crippen LogP contribution in [0, 0.1) is 11.3 Å². The van der Waals surface area contributed by atoms with Crippen LogP contribution < -0.4 is 0 Å². The highest BCUT2D eigenvalue weighted by atomic mass is 32.2. The maximum absolute atomic E-state index is 10.9. The Morgan fingerprint density at radius 2 is 2.00 bits per heavy atom. The highest BCUT2D eigenvalue weighted by Crippen LogP contribution is 2.33. The van der Waals surface area contributed by atoms with Crippen LogP contribution in [0.2, 0.25) is 0 Å². The van der Waals surface area contributed by atoms with Gasteiger partial charge < -0.3 is 0 Å². The van der Waals surface area contributed by atoms with Crippen molar-refractivity contribution in [2.75, 3.05) is 6.26 Å². The number of hydrogen-bond acceptors (Lipinski definition) is 6. The molecule has 20 heavy (non-hydrogen) atoms. The van der Waals surface area contributed by atoms with Gasteiger partial charge in [0.2, 0.25) is 0 Å². The number of hydrogen-bond donors (Lipinski definition) is 0. The topological polar surface area (TPSA) is 79.5 Å². The Bertz CT molecular complexity index is 742. The van der Waals surface area contributed by atoms with Crippen LogP contribution in [0.5, 0.6) is 0 Å². The molecule has 0 atom stereocenters. The number of thioether (sulfide) groups is 1. The van der Waals surface area contributed by atoms with Gasteiger partial charge >= 0.3 is 10.1 Å². The second-order valence-corrected chi connectivity index (χ2v) is 6.48. The lowest BCUT2D eigenvalue weighted by Crippen LogP contribution is -1.98. The van der Waals surface area contributed by atoms with Crippen molar-refractivity contribution >= 4 is 32.5 Å². The van der Waals surface area contributed by atoms with Crippen molar-refractivity contribution in [2.24, 2.45) is 5.16 Å². The summed E-state index contributed by atoms with van der Waals surface area (Å²) in [6.45, 7) is 0. The zero-order chi connectivity index (χ0) is 14.6. The zero-order valence-corrected chi connectivity index (χ0v) is 12.1. The van der Waals surface area contributed by atoms with E-state index in [-0.39, 0.29) is 0 Å².